The van der Waals surface area contributed by atoms with E-state index in [1.807, 2.05) is 4.90 Å². The maximum Gasteiger partial charge on any atom is 0.242 e. The first-order valence-corrected chi connectivity index (χ1v) is 5.32. The van der Waals surface area contributed by atoms with Gasteiger partial charge in [-0.15, -0.1) is 0 Å². The summed E-state index contributed by atoms with van der Waals surface area (Å²) >= 11 is 0. The normalized spacial score (nSPS) is 19.4. The van der Waals surface area contributed by atoms with E-state index in [1.165, 1.54) is 13.4 Å². The lowest BCUT2D eigenvalue weighted by molar-refractivity contribution is -0.121. The van der Waals surface area contributed by atoms with Crippen LogP contribution in [0.15, 0.2) is 6.33 Å². The molecule has 1 aliphatic rings. The molecule has 92 valence electrons. The molecule has 0 saturated carbocycles. The average Bonchev–Trinajstić information content (AvgIpc) is 2.78. The van der Waals surface area contributed by atoms with E-state index in [-0.39, 0.29) is 11.8 Å². The highest BCUT2D eigenvalue weighted by Gasteiger charge is 2.29. The Labute approximate surface area is 98.8 Å². The lowest BCUT2D eigenvalue weighted by Crippen LogP contribution is -2.28. The molecule has 1 fully saturated rings. The number of amides is 1. The first kappa shape index (κ1) is 11.4. The van der Waals surface area contributed by atoms with Crippen molar-refractivity contribution in [2.45, 2.75) is 6.42 Å². The van der Waals surface area contributed by atoms with Crippen molar-refractivity contribution < 1.29 is 9.53 Å². The van der Waals surface area contributed by atoms with Crippen LogP contribution < -0.4 is 21.1 Å². The van der Waals surface area contributed by atoms with Gasteiger partial charge in [0.05, 0.1) is 13.0 Å². The van der Waals surface area contributed by atoms with Gasteiger partial charge in [0.15, 0.2) is 5.82 Å². The summed E-state index contributed by atoms with van der Waals surface area (Å²) in [7, 11) is 1.50. The maximum absolute atomic E-state index is 11.1. The lowest BCUT2D eigenvalue weighted by atomic mass is 10.1. The minimum Gasteiger partial charge on any atom is -0.479 e. The first-order chi connectivity index (χ1) is 8.13. The van der Waals surface area contributed by atoms with Crippen molar-refractivity contribution in [3.63, 3.8) is 0 Å². The number of ether oxygens (including phenoxy) is 1. The van der Waals surface area contributed by atoms with Gasteiger partial charge >= 0.3 is 0 Å². The molecular weight excluding hydrogens is 222 g/mol. The van der Waals surface area contributed by atoms with E-state index >= 15 is 0 Å². The second-order valence-corrected chi connectivity index (χ2v) is 3.95. The highest BCUT2D eigenvalue weighted by molar-refractivity contribution is 5.79. The van der Waals surface area contributed by atoms with E-state index in [0.29, 0.717) is 30.5 Å². The second-order valence-electron chi connectivity index (χ2n) is 3.95. The molecule has 1 aliphatic heterocycles. The average molecular weight is 237 g/mol. The molecule has 0 radical (unpaired) electrons. The first-order valence-electron chi connectivity index (χ1n) is 5.32. The Morgan fingerprint density at radius 1 is 1.59 bits per heavy atom. The van der Waals surface area contributed by atoms with Crippen LogP contribution in [0.1, 0.15) is 6.42 Å². The molecule has 4 N–H and O–H groups in total. The summed E-state index contributed by atoms with van der Waals surface area (Å²) in [4.78, 5) is 21.0. The number of carbonyl (C=O) groups excluding carboxylic acids is 1. The summed E-state index contributed by atoms with van der Waals surface area (Å²) in [6.45, 7) is 1.25. The van der Waals surface area contributed by atoms with Crippen molar-refractivity contribution in [1.29, 1.82) is 0 Å². The smallest absolute Gasteiger partial charge is 0.242 e. The van der Waals surface area contributed by atoms with Crippen molar-refractivity contribution in [2.75, 3.05) is 30.8 Å². The molecule has 0 aromatic carbocycles. The van der Waals surface area contributed by atoms with Crippen LogP contribution in [-0.2, 0) is 4.79 Å². The monoisotopic (exact) mass is 237 g/mol. The Morgan fingerprint density at radius 3 is 2.94 bits per heavy atom. The van der Waals surface area contributed by atoms with Crippen LogP contribution in [0.5, 0.6) is 5.88 Å². The van der Waals surface area contributed by atoms with Crippen molar-refractivity contribution in [1.82, 2.24) is 9.97 Å². The van der Waals surface area contributed by atoms with Crippen LogP contribution >= 0.6 is 0 Å². The molecule has 1 amide bonds. The van der Waals surface area contributed by atoms with Gasteiger partial charge in [-0.1, -0.05) is 0 Å². The fourth-order valence-electron chi connectivity index (χ4n) is 1.97. The van der Waals surface area contributed by atoms with Gasteiger partial charge in [-0.25, -0.2) is 4.98 Å². The fraction of sp³-hybridized carbons (Fsp3) is 0.500. The number of carbonyl (C=O) groups is 1. The molecule has 7 heteroatoms. The molecule has 1 aromatic rings. The van der Waals surface area contributed by atoms with Gasteiger partial charge in [0.25, 0.3) is 0 Å². The number of hydrogen-bond donors (Lipinski definition) is 2. The summed E-state index contributed by atoms with van der Waals surface area (Å²) in [6.07, 6.45) is 2.11. The number of nitrogen functional groups attached to an aromatic ring is 1. The van der Waals surface area contributed by atoms with Gasteiger partial charge in [-0.3, -0.25) is 4.79 Å². The predicted octanol–water partition coefficient (Wildman–Crippen LogP) is -0.621. The predicted molar refractivity (Wildman–Crippen MR) is 62.5 cm³/mol. The van der Waals surface area contributed by atoms with Gasteiger partial charge in [0.2, 0.25) is 11.8 Å². The highest BCUT2D eigenvalue weighted by Crippen LogP contribution is 2.31. The van der Waals surface area contributed by atoms with Gasteiger partial charge in [-0.05, 0) is 6.42 Å². The van der Waals surface area contributed by atoms with E-state index in [1.54, 1.807) is 0 Å². The van der Waals surface area contributed by atoms with Crippen LogP contribution in [0.2, 0.25) is 0 Å². The lowest BCUT2D eigenvalue weighted by Gasteiger charge is -2.19. The molecular formula is C10H15N5O2. The molecule has 1 unspecified atom stereocenters. The zero-order valence-corrected chi connectivity index (χ0v) is 9.59. The number of nitrogens with two attached hydrogens (primary N) is 2. The summed E-state index contributed by atoms with van der Waals surface area (Å²) in [5.41, 5.74) is 11.6. The van der Waals surface area contributed by atoms with E-state index < -0.39 is 0 Å². The summed E-state index contributed by atoms with van der Waals surface area (Å²) in [6, 6.07) is 0. The molecule has 1 aromatic heterocycles. The Balaban J connectivity index is 2.22. The number of aromatic nitrogens is 2. The topological polar surface area (TPSA) is 107 Å². The molecule has 2 heterocycles. The molecule has 0 spiro atoms. The van der Waals surface area contributed by atoms with Gasteiger partial charge in [0, 0.05) is 13.1 Å². The van der Waals surface area contributed by atoms with Crippen LogP contribution in [-0.4, -0.2) is 36.1 Å². The quantitative estimate of drug-likeness (QED) is 0.725. The van der Waals surface area contributed by atoms with Crippen LogP contribution in [0.3, 0.4) is 0 Å². The molecule has 0 aliphatic carbocycles. The molecule has 1 atom stereocenters. The Bertz CT molecular complexity index is 437. The van der Waals surface area contributed by atoms with Gasteiger partial charge in [0.1, 0.15) is 12.0 Å². The zero-order valence-electron chi connectivity index (χ0n) is 9.59. The molecule has 1 saturated heterocycles. The second kappa shape index (κ2) is 4.44. The molecule has 0 bridgehead atoms. The maximum atomic E-state index is 11.1. The third-order valence-electron chi connectivity index (χ3n) is 2.91. The minimum absolute atomic E-state index is 0.143. The highest BCUT2D eigenvalue weighted by atomic mass is 16.5. The van der Waals surface area contributed by atoms with Crippen LogP contribution in [0.4, 0.5) is 11.5 Å². The van der Waals surface area contributed by atoms with E-state index in [4.69, 9.17) is 16.2 Å². The van der Waals surface area contributed by atoms with Crippen LogP contribution in [0.25, 0.3) is 0 Å². The molecule has 17 heavy (non-hydrogen) atoms. The van der Waals surface area contributed by atoms with Crippen LogP contribution in [0, 0.1) is 5.92 Å². The third-order valence-corrected chi connectivity index (χ3v) is 2.91. The number of primary amides is 1. The summed E-state index contributed by atoms with van der Waals surface area (Å²) in [5, 5.41) is 0. The van der Waals surface area contributed by atoms with Gasteiger partial charge in [-0.2, -0.15) is 4.98 Å². The number of hydrogen-bond acceptors (Lipinski definition) is 6. The Kier molecular flexibility index (Phi) is 2.99. The standard InChI is InChI=1S/C10H15N5O2/c1-17-10-7(11)9(13-5-14-10)15-3-2-6(4-15)8(12)16/h5-6H,2-4,11H2,1H3,(H2,12,16). The van der Waals surface area contributed by atoms with E-state index in [0.717, 1.165) is 6.42 Å². The number of rotatable bonds is 3. The fourth-order valence-corrected chi connectivity index (χ4v) is 1.97. The Hall–Kier alpha value is -2.05. The minimum atomic E-state index is -0.285. The van der Waals surface area contributed by atoms with Gasteiger partial charge < -0.3 is 21.1 Å². The van der Waals surface area contributed by atoms with E-state index in [9.17, 15) is 4.79 Å². The number of anilines is 2. The Morgan fingerprint density at radius 2 is 2.35 bits per heavy atom. The van der Waals surface area contributed by atoms with E-state index in [2.05, 4.69) is 9.97 Å². The summed E-state index contributed by atoms with van der Waals surface area (Å²) < 4.78 is 5.03. The molecule has 7 nitrogen and oxygen atoms in total. The van der Waals surface area contributed by atoms with Crippen molar-refractivity contribution in [2.24, 2.45) is 11.7 Å². The zero-order chi connectivity index (χ0) is 12.4. The summed E-state index contributed by atoms with van der Waals surface area (Å²) in [5.74, 6) is 0.514. The number of nitrogens with zero attached hydrogens (tertiary/aromatic N) is 3. The van der Waals surface area contributed by atoms with Crippen molar-refractivity contribution in [3.05, 3.63) is 6.33 Å². The third kappa shape index (κ3) is 2.08. The van der Waals surface area contributed by atoms with Crippen molar-refractivity contribution >= 4 is 17.4 Å². The molecule has 2 rings (SSSR count). The SMILES string of the molecule is COc1ncnc(N2CCC(C(N)=O)C2)c1N. The number of methoxy groups -OCH3 is 1. The van der Waals surface area contributed by atoms with Crippen molar-refractivity contribution in [3.8, 4) is 5.88 Å². The largest absolute Gasteiger partial charge is 0.479 e.